The first kappa shape index (κ1) is 24.9. The molecule has 0 fully saturated rings. The fraction of sp³-hybridized carbons (Fsp3) is 0.520. The van der Waals surface area contributed by atoms with Crippen LogP contribution in [0.1, 0.15) is 74.0 Å². The number of aromatic nitrogens is 3. The second kappa shape index (κ2) is 10.0. The minimum atomic E-state index is -0.383. The van der Waals surface area contributed by atoms with Crippen molar-refractivity contribution in [2.24, 2.45) is 0 Å². The summed E-state index contributed by atoms with van der Waals surface area (Å²) in [4.78, 5) is 30.7. The fourth-order valence-corrected chi connectivity index (χ4v) is 4.92. The number of nitrogens with one attached hydrogen (secondary N) is 1. The number of nitrogens with zero attached hydrogens (tertiary/aromatic N) is 3. The second-order valence-electron chi connectivity index (χ2n) is 9.31. The predicted octanol–water partition coefficient (Wildman–Crippen LogP) is 4.92. The van der Waals surface area contributed by atoms with Crippen molar-refractivity contribution in [1.29, 1.82) is 0 Å². The van der Waals surface area contributed by atoms with Gasteiger partial charge in [0.15, 0.2) is 5.65 Å². The molecule has 3 aromatic heterocycles. The van der Waals surface area contributed by atoms with Crippen molar-refractivity contribution >= 4 is 34.2 Å². The van der Waals surface area contributed by atoms with Crippen LogP contribution < -0.4 is 5.32 Å². The highest BCUT2D eigenvalue weighted by Gasteiger charge is 2.24. The maximum atomic E-state index is 12.9. The zero-order chi connectivity index (χ0) is 24.3. The molecule has 0 aromatic carbocycles. The van der Waals surface area contributed by atoms with E-state index in [0.717, 1.165) is 38.4 Å². The number of thiophene rings is 1. The van der Waals surface area contributed by atoms with Crippen LogP contribution in [0.5, 0.6) is 0 Å². The highest BCUT2D eigenvalue weighted by Crippen LogP contribution is 2.30. The number of pyridine rings is 1. The smallest absolute Gasteiger partial charge is 0.308 e. The molecule has 1 amide bonds. The molecule has 0 radical (unpaired) electrons. The summed E-state index contributed by atoms with van der Waals surface area (Å²) in [6, 6.07) is 3.46. The van der Waals surface area contributed by atoms with Crippen LogP contribution in [0.2, 0.25) is 0 Å². The van der Waals surface area contributed by atoms with Gasteiger partial charge in [-0.3, -0.25) is 9.59 Å². The van der Waals surface area contributed by atoms with E-state index in [1.807, 2.05) is 36.0 Å². The Morgan fingerprint density at radius 1 is 1.21 bits per heavy atom. The molecule has 3 aromatic rings. The van der Waals surface area contributed by atoms with Crippen molar-refractivity contribution in [2.45, 2.75) is 79.3 Å². The standard InChI is InChI=1S/C25H34N4O3S/c1-8-32-22(31)14-19(20-10-9-13-33-20)27-21(30)12-11-18-15(2)23-17(4)28-29(25(5,6)7)24(23)26-16(18)3/h9-10,13,19H,8,11-12,14H2,1-7H3,(H,27,30)/t19-/m0/s1. The molecule has 0 aliphatic rings. The summed E-state index contributed by atoms with van der Waals surface area (Å²) in [5.41, 5.74) is 4.78. The van der Waals surface area contributed by atoms with Gasteiger partial charge in [0.1, 0.15) is 0 Å². The molecule has 0 aliphatic heterocycles. The zero-order valence-corrected chi connectivity index (χ0v) is 21.4. The van der Waals surface area contributed by atoms with Gasteiger partial charge in [0, 0.05) is 22.4 Å². The molecule has 33 heavy (non-hydrogen) atoms. The van der Waals surface area contributed by atoms with Gasteiger partial charge in [0.2, 0.25) is 5.91 Å². The molecule has 0 aliphatic carbocycles. The molecule has 8 heteroatoms. The molecule has 3 heterocycles. The summed E-state index contributed by atoms with van der Waals surface area (Å²) in [5, 5.41) is 10.8. The quantitative estimate of drug-likeness (QED) is 0.473. The average Bonchev–Trinajstić information content (AvgIpc) is 3.35. The van der Waals surface area contributed by atoms with Crippen LogP contribution in [0.25, 0.3) is 11.0 Å². The average molecular weight is 471 g/mol. The number of carbonyl (C=O) groups excluding carboxylic acids is 2. The number of esters is 1. The highest BCUT2D eigenvalue weighted by molar-refractivity contribution is 7.10. The van der Waals surface area contributed by atoms with Gasteiger partial charge < -0.3 is 10.1 Å². The minimum Gasteiger partial charge on any atom is -0.466 e. The third-order valence-electron chi connectivity index (χ3n) is 5.71. The van der Waals surface area contributed by atoms with Gasteiger partial charge in [-0.1, -0.05) is 6.07 Å². The highest BCUT2D eigenvalue weighted by atomic mass is 32.1. The first-order valence-corrected chi connectivity index (χ1v) is 12.2. The number of fused-ring (bicyclic) bond motifs is 1. The van der Waals surface area contributed by atoms with E-state index in [1.165, 1.54) is 11.3 Å². The number of aryl methyl sites for hydroxylation is 3. The van der Waals surface area contributed by atoms with Crippen molar-refractivity contribution in [3.05, 3.63) is 44.9 Å². The Labute approximate surface area is 199 Å². The molecule has 0 saturated heterocycles. The van der Waals surface area contributed by atoms with E-state index >= 15 is 0 Å². The zero-order valence-electron chi connectivity index (χ0n) is 20.6. The summed E-state index contributed by atoms with van der Waals surface area (Å²) in [5.74, 6) is -0.414. The third kappa shape index (κ3) is 5.61. The van der Waals surface area contributed by atoms with Crippen LogP contribution in [-0.4, -0.2) is 33.2 Å². The summed E-state index contributed by atoms with van der Waals surface area (Å²) < 4.78 is 7.07. The van der Waals surface area contributed by atoms with Gasteiger partial charge in [-0.05, 0) is 77.5 Å². The van der Waals surface area contributed by atoms with Crippen LogP contribution >= 0.6 is 11.3 Å². The van der Waals surface area contributed by atoms with Gasteiger partial charge in [0.05, 0.1) is 30.3 Å². The second-order valence-corrected chi connectivity index (χ2v) is 10.3. The maximum absolute atomic E-state index is 12.9. The Bertz CT molecular complexity index is 1140. The number of rotatable bonds is 8. The van der Waals surface area contributed by atoms with Crippen LogP contribution in [0.3, 0.4) is 0 Å². The Kier molecular flexibility index (Phi) is 7.57. The summed E-state index contributed by atoms with van der Waals surface area (Å²) in [6.45, 7) is 14.5. The Morgan fingerprint density at radius 2 is 1.94 bits per heavy atom. The molecular weight excluding hydrogens is 436 g/mol. The molecule has 3 rings (SSSR count). The Hall–Kier alpha value is -2.74. The first-order valence-electron chi connectivity index (χ1n) is 11.4. The minimum absolute atomic E-state index is 0.0984. The molecule has 1 N–H and O–H groups in total. The fourth-order valence-electron chi connectivity index (χ4n) is 4.15. The van der Waals surface area contributed by atoms with Crippen molar-refractivity contribution in [1.82, 2.24) is 20.1 Å². The molecule has 1 atom stereocenters. The van der Waals surface area contributed by atoms with Gasteiger partial charge in [-0.25, -0.2) is 9.67 Å². The molecule has 7 nitrogen and oxygen atoms in total. The Balaban J connectivity index is 1.78. The third-order valence-corrected chi connectivity index (χ3v) is 6.70. The number of hydrogen-bond donors (Lipinski definition) is 1. The van der Waals surface area contributed by atoms with Crippen molar-refractivity contribution in [3.8, 4) is 0 Å². The van der Waals surface area contributed by atoms with Crippen molar-refractivity contribution < 1.29 is 14.3 Å². The lowest BCUT2D eigenvalue weighted by Crippen LogP contribution is -2.30. The summed E-state index contributed by atoms with van der Waals surface area (Å²) in [6.07, 6.45) is 1.01. The van der Waals surface area contributed by atoms with Crippen LogP contribution in [0.4, 0.5) is 0 Å². The lowest BCUT2D eigenvalue weighted by atomic mass is 9.98. The topological polar surface area (TPSA) is 86.1 Å². The first-order chi connectivity index (χ1) is 15.5. The van der Waals surface area contributed by atoms with E-state index in [2.05, 4.69) is 33.0 Å². The van der Waals surface area contributed by atoms with E-state index in [1.54, 1.807) is 6.92 Å². The predicted molar refractivity (Wildman–Crippen MR) is 132 cm³/mol. The molecule has 178 valence electrons. The van der Waals surface area contributed by atoms with E-state index in [4.69, 9.17) is 14.8 Å². The van der Waals surface area contributed by atoms with E-state index in [0.29, 0.717) is 19.4 Å². The summed E-state index contributed by atoms with van der Waals surface area (Å²) in [7, 11) is 0. The lowest BCUT2D eigenvalue weighted by Gasteiger charge is -2.20. The monoisotopic (exact) mass is 470 g/mol. The lowest BCUT2D eigenvalue weighted by molar-refractivity contribution is -0.143. The van der Waals surface area contributed by atoms with Crippen molar-refractivity contribution in [3.63, 3.8) is 0 Å². The number of hydrogen-bond acceptors (Lipinski definition) is 6. The van der Waals surface area contributed by atoms with Gasteiger partial charge in [-0.2, -0.15) is 5.10 Å². The van der Waals surface area contributed by atoms with E-state index in [-0.39, 0.29) is 29.9 Å². The number of amides is 1. The van der Waals surface area contributed by atoms with Gasteiger partial charge in [-0.15, -0.1) is 11.3 Å². The molecule has 0 unspecified atom stereocenters. The molecule has 0 saturated carbocycles. The molecule has 0 bridgehead atoms. The number of ether oxygens (including phenoxy) is 1. The molecular formula is C25H34N4O3S. The van der Waals surface area contributed by atoms with Crippen LogP contribution in [-0.2, 0) is 26.3 Å². The van der Waals surface area contributed by atoms with Crippen molar-refractivity contribution in [2.75, 3.05) is 6.61 Å². The van der Waals surface area contributed by atoms with Crippen LogP contribution in [0, 0.1) is 20.8 Å². The number of carbonyl (C=O) groups is 2. The maximum Gasteiger partial charge on any atom is 0.308 e. The van der Waals surface area contributed by atoms with Gasteiger partial charge in [0.25, 0.3) is 0 Å². The van der Waals surface area contributed by atoms with E-state index < -0.39 is 0 Å². The molecule has 0 spiro atoms. The van der Waals surface area contributed by atoms with E-state index in [9.17, 15) is 9.59 Å². The normalized spacial score (nSPS) is 12.7. The Morgan fingerprint density at radius 3 is 2.55 bits per heavy atom. The summed E-state index contributed by atoms with van der Waals surface area (Å²) >= 11 is 1.52. The SMILES string of the molecule is CCOC(=O)C[C@H](NC(=O)CCc1c(C)nc2c(c(C)nn2C(C)(C)C)c1C)c1cccs1. The van der Waals surface area contributed by atoms with Crippen LogP contribution in [0.15, 0.2) is 17.5 Å². The van der Waals surface area contributed by atoms with Gasteiger partial charge >= 0.3 is 5.97 Å². The largest absolute Gasteiger partial charge is 0.466 e.